The van der Waals surface area contributed by atoms with Gasteiger partial charge in [-0.3, -0.25) is 0 Å². The van der Waals surface area contributed by atoms with Crippen molar-refractivity contribution in [2.75, 3.05) is 0 Å². The van der Waals surface area contributed by atoms with Gasteiger partial charge in [-0.25, -0.2) is 9.97 Å². The fourth-order valence-electron chi connectivity index (χ4n) is 10.8. The molecule has 3 aliphatic carbocycles. The van der Waals surface area contributed by atoms with Crippen LogP contribution in [0.25, 0.3) is 89.2 Å². The summed E-state index contributed by atoms with van der Waals surface area (Å²) in [5.74, 6) is 0.704. The fraction of sp³-hybridized carbons (Fsp3) is 0.164. The first-order valence-electron chi connectivity index (χ1n) is 20.9. The summed E-state index contributed by atoms with van der Waals surface area (Å²) in [6, 6.07) is 57.5. The first-order chi connectivity index (χ1) is 28.4. The molecule has 0 saturated heterocycles. The lowest BCUT2D eigenvalue weighted by molar-refractivity contribution is 0.353. The zero-order chi connectivity index (χ0) is 38.6. The van der Waals surface area contributed by atoms with E-state index in [0.717, 1.165) is 50.0 Å². The SMILES string of the molecule is CC1(C)c2ccccc2-c2cc3c(cc21)-c1ccc(-c2cccc(-c4cc(-c5ccc6c(c5)oc5ccccc56)nc(-c5ccccc5)n4)c2)cc1C31CCCCC1. The Morgan fingerprint density at radius 2 is 1.03 bits per heavy atom. The van der Waals surface area contributed by atoms with Crippen LogP contribution in [0.15, 0.2) is 162 Å². The van der Waals surface area contributed by atoms with E-state index in [9.17, 15) is 0 Å². The van der Waals surface area contributed by atoms with Gasteiger partial charge in [0.05, 0.1) is 11.4 Å². The van der Waals surface area contributed by atoms with E-state index >= 15 is 0 Å². The third kappa shape index (κ3) is 4.92. The van der Waals surface area contributed by atoms with E-state index in [1.807, 2.05) is 30.3 Å². The van der Waals surface area contributed by atoms with E-state index in [1.54, 1.807) is 5.56 Å². The Morgan fingerprint density at radius 1 is 0.414 bits per heavy atom. The lowest BCUT2D eigenvalue weighted by Crippen LogP contribution is -2.28. The van der Waals surface area contributed by atoms with Gasteiger partial charge in [-0.05, 0) is 117 Å². The van der Waals surface area contributed by atoms with Gasteiger partial charge < -0.3 is 4.42 Å². The largest absolute Gasteiger partial charge is 0.456 e. The van der Waals surface area contributed by atoms with Crippen molar-refractivity contribution in [1.82, 2.24) is 9.97 Å². The third-order valence-electron chi connectivity index (χ3n) is 13.7. The van der Waals surface area contributed by atoms with Gasteiger partial charge >= 0.3 is 0 Å². The Bertz CT molecular complexity index is 3130. The molecule has 0 amide bonds. The third-order valence-corrected chi connectivity index (χ3v) is 13.7. The minimum absolute atomic E-state index is 0.0226. The summed E-state index contributed by atoms with van der Waals surface area (Å²) >= 11 is 0. The van der Waals surface area contributed by atoms with Crippen molar-refractivity contribution < 1.29 is 4.42 Å². The Balaban J connectivity index is 0.973. The highest BCUT2D eigenvalue weighted by Gasteiger charge is 2.46. The molecule has 2 heterocycles. The first-order valence-corrected chi connectivity index (χ1v) is 20.9. The molecule has 0 N–H and O–H groups in total. The number of hydrogen-bond donors (Lipinski definition) is 0. The molecule has 0 bridgehead atoms. The first kappa shape index (κ1) is 33.5. The number of benzene rings is 7. The highest BCUT2D eigenvalue weighted by molar-refractivity contribution is 6.06. The van der Waals surface area contributed by atoms with Crippen molar-refractivity contribution in [2.24, 2.45) is 0 Å². The molecule has 0 aliphatic heterocycles. The molecule has 278 valence electrons. The van der Waals surface area contributed by atoms with E-state index in [0.29, 0.717) is 5.82 Å². The van der Waals surface area contributed by atoms with Crippen molar-refractivity contribution in [3.05, 3.63) is 180 Å². The van der Waals surface area contributed by atoms with Crippen LogP contribution in [0, 0.1) is 0 Å². The van der Waals surface area contributed by atoms with Crippen molar-refractivity contribution in [3.63, 3.8) is 0 Å². The zero-order valence-corrected chi connectivity index (χ0v) is 32.8. The average molecular weight is 747 g/mol. The summed E-state index contributed by atoms with van der Waals surface area (Å²) in [4.78, 5) is 10.3. The van der Waals surface area contributed by atoms with E-state index in [2.05, 4.69) is 141 Å². The van der Waals surface area contributed by atoms with Gasteiger partial charge in [0.25, 0.3) is 0 Å². The zero-order valence-electron chi connectivity index (χ0n) is 32.8. The topological polar surface area (TPSA) is 38.9 Å². The molecule has 58 heavy (non-hydrogen) atoms. The highest BCUT2D eigenvalue weighted by Crippen LogP contribution is 2.60. The smallest absolute Gasteiger partial charge is 0.160 e. The molecule has 3 heteroatoms. The van der Waals surface area contributed by atoms with E-state index in [-0.39, 0.29) is 10.8 Å². The molecule has 1 spiro atoms. The summed E-state index contributed by atoms with van der Waals surface area (Å²) in [5, 5.41) is 2.23. The second-order valence-corrected chi connectivity index (χ2v) is 17.2. The van der Waals surface area contributed by atoms with Crippen LogP contribution in [0.1, 0.15) is 68.2 Å². The predicted molar refractivity (Wildman–Crippen MR) is 238 cm³/mol. The molecule has 0 atom stereocenters. The summed E-state index contributed by atoms with van der Waals surface area (Å²) in [6.07, 6.45) is 6.24. The number of aromatic nitrogens is 2. The van der Waals surface area contributed by atoms with Gasteiger partial charge in [-0.15, -0.1) is 0 Å². The Morgan fingerprint density at radius 3 is 1.90 bits per heavy atom. The summed E-state index contributed by atoms with van der Waals surface area (Å²) in [6.45, 7) is 4.80. The minimum Gasteiger partial charge on any atom is -0.456 e. The molecule has 2 aromatic heterocycles. The number of fused-ring (bicyclic) bond motifs is 11. The van der Waals surface area contributed by atoms with Gasteiger partial charge in [-0.1, -0.05) is 142 Å². The molecule has 0 radical (unpaired) electrons. The molecular weight excluding hydrogens is 705 g/mol. The normalized spacial score (nSPS) is 15.7. The second-order valence-electron chi connectivity index (χ2n) is 17.2. The molecule has 9 aromatic rings. The van der Waals surface area contributed by atoms with Crippen LogP contribution in [0.2, 0.25) is 0 Å². The summed E-state index contributed by atoms with van der Waals surface area (Å²) in [7, 11) is 0. The Hall–Kier alpha value is -6.58. The van der Waals surface area contributed by atoms with E-state index < -0.39 is 0 Å². The molecule has 1 fully saturated rings. The van der Waals surface area contributed by atoms with Gasteiger partial charge in [0.1, 0.15) is 11.2 Å². The van der Waals surface area contributed by atoms with Crippen LogP contribution in [-0.2, 0) is 10.8 Å². The predicted octanol–water partition coefficient (Wildman–Crippen LogP) is 14.6. The lowest BCUT2D eigenvalue weighted by Gasteiger charge is -2.36. The molecule has 3 nitrogen and oxygen atoms in total. The van der Waals surface area contributed by atoms with Gasteiger partial charge in [0.15, 0.2) is 5.82 Å². The van der Waals surface area contributed by atoms with E-state index in [4.69, 9.17) is 14.4 Å². The maximum absolute atomic E-state index is 6.30. The maximum atomic E-state index is 6.30. The van der Waals surface area contributed by atoms with Gasteiger partial charge in [0, 0.05) is 38.3 Å². The van der Waals surface area contributed by atoms with Gasteiger partial charge in [0.2, 0.25) is 0 Å². The molecule has 12 rings (SSSR count). The van der Waals surface area contributed by atoms with Gasteiger partial charge in [-0.2, -0.15) is 0 Å². The maximum Gasteiger partial charge on any atom is 0.160 e. The van der Waals surface area contributed by atoms with Crippen LogP contribution in [0.3, 0.4) is 0 Å². The summed E-state index contributed by atoms with van der Waals surface area (Å²) in [5.41, 5.74) is 20.7. The van der Waals surface area contributed by atoms with E-state index in [1.165, 1.54) is 82.2 Å². The highest BCUT2D eigenvalue weighted by atomic mass is 16.3. The Labute approximate surface area is 339 Å². The van der Waals surface area contributed by atoms with Crippen LogP contribution < -0.4 is 0 Å². The van der Waals surface area contributed by atoms with Crippen molar-refractivity contribution >= 4 is 21.9 Å². The molecule has 7 aromatic carbocycles. The number of nitrogens with zero attached hydrogens (tertiary/aromatic N) is 2. The van der Waals surface area contributed by atoms with Crippen LogP contribution >= 0.6 is 0 Å². The van der Waals surface area contributed by atoms with Crippen molar-refractivity contribution in [1.29, 1.82) is 0 Å². The van der Waals surface area contributed by atoms with Crippen LogP contribution in [0.4, 0.5) is 0 Å². The second kappa shape index (κ2) is 12.5. The number of hydrogen-bond acceptors (Lipinski definition) is 3. The standard InChI is InChI=1S/C55H42N2O/c1-54(2)45-20-9-7-18-39(45)43-32-48-44(31-46(43)54)40-24-22-36(29-47(40)55(48)26-11-4-12-27-55)35-16-13-17-37(28-35)49-33-50(57-53(56-49)34-14-5-3-6-15-34)38-23-25-42-41-19-8-10-21-51(41)58-52(42)30-38/h3,5-10,13-25,28-33H,4,11-12,26-27H2,1-2H3. The monoisotopic (exact) mass is 746 g/mol. The fourth-order valence-corrected chi connectivity index (χ4v) is 10.8. The quantitative estimate of drug-likeness (QED) is 0.180. The minimum atomic E-state index is -0.0226. The van der Waals surface area contributed by atoms with Crippen LogP contribution in [0.5, 0.6) is 0 Å². The number of rotatable bonds is 4. The number of furan rings is 1. The summed E-state index contributed by atoms with van der Waals surface area (Å²) < 4.78 is 6.30. The average Bonchev–Trinajstić information content (AvgIpc) is 3.86. The Kier molecular flexibility index (Phi) is 7.21. The molecule has 0 unspecified atom stereocenters. The van der Waals surface area contributed by atoms with Crippen molar-refractivity contribution in [2.45, 2.75) is 56.8 Å². The lowest BCUT2D eigenvalue weighted by atomic mass is 9.67. The number of para-hydroxylation sites is 1. The molecule has 3 aliphatic rings. The molecular formula is C55H42N2O. The van der Waals surface area contributed by atoms with Crippen molar-refractivity contribution in [3.8, 4) is 67.3 Å². The van der Waals surface area contributed by atoms with Crippen LogP contribution in [-0.4, -0.2) is 9.97 Å². The molecule has 1 saturated carbocycles.